The Hall–Kier alpha value is -3.37. The van der Waals surface area contributed by atoms with Gasteiger partial charge in [-0.3, -0.25) is 4.79 Å². The molecule has 0 unspecified atom stereocenters. The van der Waals surface area contributed by atoms with Crippen LogP contribution < -0.4 is 9.47 Å². The number of allylic oxidation sites excluding steroid dienone is 1. The molecule has 0 fully saturated rings. The van der Waals surface area contributed by atoms with Crippen molar-refractivity contribution in [3.8, 4) is 11.5 Å². The first kappa shape index (κ1) is 20.4. The van der Waals surface area contributed by atoms with Crippen molar-refractivity contribution in [2.75, 3.05) is 6.61 Å². The van der Waals surface area contributed by atoms with E-state index in [0.29, 0.717) is 22.9 Å². The molecule has 0 spiro atoms. The van der Waals surface area contributed by atoms with Crippen molar-refractivity contribution in [1.82, 2.24) is 0 Å². The quantitative estimate of drug-likeness (QED) is 0.213. The Morgan fingerprint density at radius 3 is 2.21 bits per heavy atom. The SMILES string of the molecule is CCOc1ccc(/C=C/C(=O)c2ccc(OC(=O)c3ccccc3Cl)cc2)cc1. The van der Waals surface area contributed by atoms with E-state index < -0.39 is 5.97 Å². The second-order valence-electron chi connectivity index (χ2n) is 6.09. The highest BCUT2D eigenvalue weighted by atomic mass is 35.5. The van der Waals surface area contributed by atoms with Crippen molar-refractivity contribution in [2.45, 2.75) is 6.92 Å². The van der Waals surface area contributed by atoms with Crippen molar-refractivity contribution in [3.63, 3.8) is 0 Å². The predicted octanol–water partition coefficient (Wildman–Crippen LogP) is 5.85. The van der Waals surface area contributed by atoms with Crippen LogP contribution in [0.2, 0.25) is 5.02 Å². The lowest BCUT2D eigenvalue weighted by molar-refractivity contribution is 0.0735. The van der Waals surface area contributed by atoms with Crippen molar-refractivity contribution in [1.29, 1.82) is 0 Å². The number of ether oxygens (including phenoxy) is 2. The van der Waals surface area contributed by atoms with Gasteiger partial charge in [-0.05, 0) is 67.1 Å². The first-order chi connectivity index (χ1) is 14.1. The summed E-state index contributed by atoms with van der Waals surface area (Å²) in [5.41, 5.74) is 1.67. The van der Waals surface area contributed by atoms with Crippen molar-refractivity contribution >= 4 is 29.4 Å². The van der Waals surface area contributed by atoms with Gasteiger partial charge in [0.15, 0.2) is 5.78 Å². The van der Waals surface area contributed by atoms with Gasteiger partial charge in [0, 0.05) is 5.56 Å². The number of hydrogen-bond donors (Lipinski definition) is 0. The van der Waals surface area contributed by atoms with E-state index in [2.05, 4.69) is 0 Å². The third-order valence-electron chi connectivity index (χ3n) is 4.06. The Labute approximate surface area is 174 Å². The molecule has 5 heteroatoms. The fourth-order valence-corrected chi connectivity index (χ4v) is 2.80. The van der Waals surface area contributed by atoms with E-state index in [9.17, 15) is 9.59 Å². The molecule has 0 aliphatic heterocycles. The molecule has 146 valence electrons. The molecular weight excluding hydrogens is 388 g/mol. The van der Waals surface area contributed by atoms with E-state index >= 15 is 0 Å². The maximum atomic E-state index is 12.4. The molecule has 0 N–H and O–H groups in total. The molecule has 0 saturated heterocycles. The van der Waals surface area contributed by atoms with Gasteiger partial charge in [-0.15, -0.1) is 0 Å². The number of hydrogen-bond acceptors (Lipinski definition) is 4. The summed E-state index contributed by atoms with van der Waals surface area (Å²) < 4.78 is 10.7. The third-order valence-corrected chi connectivity index (χ3v) is 4.39. The molecule has 3 aromatic rings. The van der Waals surface area contributed by atoms with Gasteiger partial charge in [-0.25, -0.2) is 4.79 Å². The monoisotopic (exact) mass is 406 g/mol. The first-order valence-electron chi connectivity index (χ1n) is 9.09. The van der Waals surface area contributed by atoms with Gasteiger partial charge in [-0.1, -0.05) is 41.9 Å². The molecule has 3 aromatic carbocycles. The largest absolute Gasteiger partial charge is 0.494 e. The van der Waals surface area contributed by atoms with E-state index in [1.165, 1.54) is 6.08 Å². The van der Waals surface area contributed by atoms with E-state index in [4.69, 9.17) is 21.1 Å². The van der Waals surface area contributed by atoms with Crippen molar-refractivity contribution in [3.05, 3.63) is 101 Å². The van der Waals surface area contributed by atoms with Gasteiger partial charge in [0.1, 0.15) is 11.5 Å². The zero-order valence-electron chi connectivity index (χ0n) is 15.8. The van der Waals surface area contributed by atoms with Crippen LogP contribution in [0.1, 0.15) is 33.2 Å². The fourth-order valence-electron chi connectivity index (χ4n) is 2.59. The second-order valence-corrected chi connectivity index (χ2v) is 6.50. The molecule has 0 aliphatic carbocycles. The minimum absolute atomic E-state index is 0.150. The summed E-state index contributed by atoms with van der Waals surface area (Å²) in [6, 6.07) is 20.5. The minimum Gasteiger partial charge on any atom is -0.494 e. The molecule has 0 radical (unpaired) electrons. The van der Waals surface area contributed by atoms with Crippen LogP contribution in [-0.2, 0) is 0 Å². The summed E-state index contributed by atoms with van der Waals surface area (Å²) in [5, 5.41) is 0.323. The van der Waals surface area contributed by atoms with E-state index in [1.54, 1.807) is 54.6 Å². The smallest absolute Gasteiger partial charge is 0.345 e. The van der Waals surface area contributed by atoms with Gasteiger partial charge in [0.25, 0.3) is 0 Å². The number of esters is 1. The van der Waals surface area contributed by atoms with Crippen LogP contribution in [0.3, 0.4) is 0 Å². The zero-order chi connectivity index (χ0) is 20.6. The number of carbonyl (C=O) groups excluding carboxylic acids is 2. The molecule has 0 aliphatic rings. The lowest BCUT2D eigenvalue weighted by Crippen LogP contribution is -2.09. The van der Waals surface area contributed by atoms with E-state index in [-0.39, 0.29) is 11.3 Å². The Morgan fingerprint density at radius 1 is 0.897 bits per heavy atom. The Kier molecular flexibility index (Phi) is 6.82. The molecule has 3 rings (SSSR count). The topological polar surface area (TPSA) is 52.6 Å². The molecule has 0 aromatic heterocycles. The minimum atomic E-state index is -0.551. The van der Waals surface area contributed by atoms with Gasteiger partial charge in [-0.2, -0.15) is 0 Å². The van der Waals surface area contributed by atoms with Crippen LogP contribution in [0.15, 0.2) is 78.9 Å². The molecule has 29 heavy (non-hydrogen) atoms. The highest BCUT2D eigenvalue weighted by Crippen LogP contribution is 2.20. The summed E-state index contributed by atoms with van der Waals surface area (Å²) in [7, 11) is 0. The number of carbonyl (C=O) groups is 2. The number of rotatable bonds is 7. The summed E-state index contributed by atoms with van der Waals surface area (Å²) in [6.07, 6.45) is 3.24. The number of ketones is 1. The maximum absolute atomic E-state index is 12.4. The fraction of sp³-hybridized carbons (Fsp3) is 0.0833. The molecular formula is C24H19ClO4. The van der Waals surface area contributed by atoms with Crippen LogP contribution >= 0.6 is 11.6 Å². The number of halogens is 1. The highest BCUT2D eigenvalue weighted by Gasteiger charge is 2.12. The van der Waals surface area contributed by atoms with Gasteiger partial charge >= 0.3 is 5.97 Å². The molecule has 0 heterocycles. The van der Waals surface area contributed by atoms with Crippen LogP contribution in [0, 0.1) is 0 Å². The highest BCUT2D eigenvalue weighted by molar-refractivity contribution is 6.33. The van der Waals surface area contributed by atoms with Gasteiger partial charge < -0.3 is 9.47 Å². The molecule has 0 saturated carbocycles. The van der Waals surface area contributed by atoms with Crippen LogP contribution in [0.25, 0.3) is 6.08 Å². The van der Waals surface area contributed by atoms with Crippen LogP contribution in [-0.4, -0.2) is 18.4 Å². The standard InChI is InChI=1S/C24H19ClO4/c1-2-28-19-12-7-17(8-13-19)9-16-23(26)18-10-14-20(15-11-18)29-24(27)21-5-3-4-6-22(21)25/h3-16H,2H2,1H3/b16-9+. The Bertz CT molecular complexity index is 1020. The van der Waals surface area contributed by atoms with Gasteiger partial charge in [0.05, 0.1) is 17.2 Å². The van der Waals surface area contributed by atoms with Crippen LogP contribution in [0.4, 0.5) is 0 Å². The average molecular weight is 407 g/mol. The summed E-state index contributed by atoms with van der Waals surface area (Å²) in [4.78, 5) is 24.5. The third kappa shape index (κ3) is 5.56. The van der Waals surface area contributed by atoms with Gasteiger partial charge in [0.2, 0.25) is 0 Å². The molecule has 0 amide bonds. The van der Waals surface area contributed by atoms with Crippen molar-refractivity contribution in [2.24, 2.45) is 0 Å². The Morgan fingerprint density at radius 2 is 1.55 bits per heavy atom. The zero-order valence-corrected chi connectivity index (χ0v) is 16.6. The van der Waals surface area contributed by atoms with Crippen LogP contribution in [0.5, 0.6) is 11.5 Å². The lowest BCUT2D eigenvalue weighted by atomic mass is 10.1. The maximum Gasteiger partial charge on any atom is 0.345 e. The number of benzene rings is 3. The average Bonchev–Trinajstić information content (AvgIpc) is 2.74. The Balaban J connectivity index is 1.62. The predicted molar refractivity (Wildman–Crippen MR) is 114 cm³/mol. The lowest BCUT2D eigenvalue weighted by Gasteiger charge is -2.06. The molecule has 0 bridgehead atoms. The second kappa shape index (κ2) is 9.71. The summed E-state index contributed by atoms with van der Waals surface area (Å²) in [6.45, 7) is 2.53. The van der Waals surface area contributed by atoms with E-state index in [0.717, 1.165) is 11.3 Å². The molecule has 4 nitrogen and oxygen atoms in total. The van der Waals surface area contributed by atoms with E-state index in [1.807, 2.05) is 31.2 Å². The molecule has 0 atom stereocenters. The first-order valence-corrected chi connectivity index (χ1v) is 9.46. The summed E-state index contributed by atoms with van der Waals surface area (Å²) >= 11 is 6.00. The summed E-state index contributed by atoms with van der Waals surface area (Å²) in [5.74, 6) is 0.424. The van der Waals surface area contributed by atoms with Crippen molar-refractivity contribution < 1.29 is 19.1 Å². The normalized spacial score (nSPS) is 10.7.